The number of methoxy groups -OCH3 is 3. The molecule has 1 aromatic heterocycles. The van der Waals surface area contributed by atoms with Crippen LogP contribution in [0, 0.1) is 5.92 Å². The zero-order chi connectivity index (χ0) is 34.7. The van der Waals surface area contributed by atoms with E-state index in [-0.39, 0.29) is 22.9 Å². The van der Waals surface area contributed by atoms with Gasteiger partial charge in [-0.15, -0.1) is 0 Å². The van der Waals surface area contributed by atoms with E-state index < -0.39 is 29.1 Å². The van der Waals surface area contributed by atoms with Crippen molar-refractivity contribution < 1.29 is 23.8 Å². The van der Waals surface area contributed by atoms with Crippen LogP contribution in [-0.4, -0.2) is 49.2 Å². The molecule has 2 amide bonds. The van der Waals surface area contributed by atoms with Crippen LogP contribution in [-0.2, 0) is 16.0 Å². The van der Waals surface area contributed by atoms with E-state index in [1.165, 1.54) is 27.2 Å². The zero-order valence-electron chi connectivity index (χ0n) is 27.7. The first-order valence-electron chi connectivity index (χ1n) is 15.6. The van der Waals surface area contributed by atoms with Gasteiger partial charge in [0.2, 0.25) is 23.0 Å². The molecule has 1 aliphatic carbocycles. The molecule has 0 aliphatic heterocycles. The minimum Gasteiger partial charge on any atom is -0.493 e. The summed E-state index contributed by atoms with van der Waals surface area (Å²) >= 11 is 0. The van der Waals surface area contributed by atoms with Gasteiger partial charge in [0.05, 0.1) is 44.1 Å². The highest BCUT2D eigenvalue weighted by atomic mass is 16.5. The largest absolute Gasteiger partial charge is 0.493 e. The summed E-state index contributed by atoms with van der Waals surface area (Å²) in [6.45, 7) is 5.27. The molecule has 4 aromatic rings. The summed E-state index contributed by atoms with van der Waals surface area (Å²) in [5.74, 6) is 0.481. The quantitative estimate of drug-likeness (QED) is 0.158. The van der Waals surface area contributed by atoms with Crippen molar-refractivity contribution in [2.24, 2.45) is 5.92 Å². The zero-order valence-corrected chi connectivity index (χ0v) is 27.7. The number of aromatic amines is 2. The molecule has 0 saturated heterocycles. The Labute approximate surface area is 276 Å². The smallest absolute Gasteiger partial charge is 0.314 e. The van der Waals surface area contributed by atoms with Crippen molar-refractivity contribution in [3.63, 3.8) is 0 Å². The average molecular weight is 658 g/mol. The van der Waals surface area contributed by atoms with Gasteiger partial charge in [0, 0.05) is 18.2 Å². The molecule has 0 spiro atoms. The number of rotatable bonds is 10. The molecule has 5 rings (SSSR count). The molecular weight excluding hydrogens is 618 g/mol. The van der Waals surface area contributed by atoms with Crippen molar-refractivity contribution in [3.05, 3.63) is 84.5 Å². The Hall–Kier alpha value is -5.59. The van der Waals surface area contributed by atoms with Crippen LogP contribution >= 0.6 is 0 Å². The summed E-state index contributed by atoms with van der Waals surface area (Å²) in [5, 5.41) is 9.05. The number of carbonyl (C=O) groups excluding carboxylic acids is 2. The number of amides is 2. The number of benzene rings is 2. The van der Waals surface area contributed by atoms with Gasteiger partial charge in [-0.25, -0.2) is 0 Å². The highest BCUT2D eigenvalue weighted by Gasteiger charge is 2.30. The first kappa shape index (κ1) is 33.8. The van der Waals surface area contributed by atoms with Crippen LogP contribution in [0.4, 0.5) is 11.4 Å². The Morgan fingerprint density at radius 2 is 1.62 bits per heavy atom. The molecule has 1 aliphatic rings. The van der Waals surface area contributed by atoms with E-state index in [9.17, 15) is 24.0 Å². The molecule has 0 fully saturated rings. The maximum absolute atomic E-state index is 13.9. The first-order valence-corrected chi connectivity index (χ1v) is 15.6. The van der Waals surface area contributed by atoms with Gasteiger partial charge in [0.1, 0.15) is 6.04 Å². The van der Waals surface area contributed by atoms with E-state index in [1.807, 2.05) is 19.9 Å². The molecule has 3 aromatic carbocycles. The predicted molar refractivity (Wildman–Crippen MR) is 183 cm³/mol. The predicted octanol–water partition coefficient (Wildman–Crippen LogP) is 3.86. The lowest BCUT2D eigenvalue weighted by molar-refractivity contribution is -0.120. The molecule has 13 heteroatoms. The molecule has 3 atom stereocenters. The Morgan fingerprint density at radius 3 is 2.27 bits per heavy atom. The number of hydrogen-bond acceptors (Lipinski definition) is 9. The Balaban J connectivity index is 1.59. The number of nitrogens with one attached hydrogen (secondary N) is 5. The first-order chi connectivity index (χ1) is 23.0. The highest BCUT2D eigenvalue weighted by molar-refractivity contribution is 5.98. The van der Waals surface area contributed by atoms with Gasteiger partial charge in [0.25, 0.3) is 0 Å². The number of hydrogen-bond donors (Lipinski definition) is 5. The molecule has 13 nitrogen and oxygen atoms in total. The van der Waals surface area contributed by atoms with Gasteiger partial charge in [0.15, 0.2) is 11.5 Å². The molecule has 0 saturated carbocycles. The van der Waals surface area contributed by atoms with Crippen molar-refractivity contribution in [2.45, 2.75) is 52.1 Å². The van der Waals surface area contributed by atoms with Crippen molar-refractivity contribution in [1.29, 1.82) is 0 Å². The van der Waals surface area contributed by atoms with E-state index in [2.05, 4.69) is 25.9 Å². The number of fused-ring (bicyclic) bond motifs is 4. The summed E-state index contributed by atoms with van der Waals surface area (Å²) in [6, 6.07) is 10.2. The molecule has 2 unspecified atom stereocenters. The average Bonchev–Trinajstić information content (AvgIpc) is 3.30. The van der Waals surface area contributed by atoms with Crippen molar-refractivity contribution in [1.82, 2.24) is 15.3 Å². The summed E-state index contributed by atoms with van der Waals surface area (Å²) < 4.78 is 17.1. The van der Waals surface area contributed by atoms with E-state index in [1.54, 1.807) is 37.4 Å². The number of aryl methyl sites for hydroxylation is 1. The number of H-pyrrole nitrogens is 2. The number of carbonyl (C=O) groups is 2. The summed E-state index contributed by atoms with van der Waals surface area (Å²) in [7, 11) is 4.60. The number of aromatic nitrogens is 2. The molecule has 5 N–H and O–H groups in total. The summed E-state index contributed by atoms with van der Waals surface area (Å²) in [6.07, 6.45) is 1.69. The minimum absolute atomic E-state index is 0.187. The molecular formula is C35H39N5O8. The lowest BCUT2D eigenvalue weighted by Crippen LogP contribution is -2.40. The van der Waals surface area contributed by atoms with Gasteiger partial charge in [-0.3, -0.25) is 24.0 Å². The van der Waals surface area contributed by atoms with Crippen LogP contribution < -0.4 is 46.7 Å². The molecule has 48 heavy (non-hydrogen) atoms. The maximum Gasteiger partial charge on any atom is 0.314 e. The lowest BCUT2D eigenvalue weighted by atomic mass is 9.95. The molecule has 252 valence electrons. The Kier molecular flexibility index (Phi) is 9.87. The Morgan fingerprint density at radius 1 is 0.917 bits per heavy atom. The second-order valence-electron chi connectivity index (χ2n) is 11.8. The van der Waals surface area contributed by atoms with Crippen LogP contribution in [0.1, 0.15) is 50.8 Å². The van der Waals surface area contributed by atoms with Crippen LogP contribution in [0.5, 0.6) is 17.2 Å². The fourth-order valence-electron chi connectivity index (χ4n) is 6.11. The normalized spacial score (nSPS) is 14.8. The highest BCUT2D eigenvalue weighted by Crippen LogP contribution is 2.50. The van der Waals surface area contributed by atoms with Gasteiger partial charge in [-0.2, -0.15) is 0 Å². The number of anilines is 2. The van der Waals surface area contributed by atoms with Crippen LogP contribution in [0.15, 0.2) is 56.8 Å². The van der Waals surface area contributed by atoms with Crippen LogP contribution in [0.25, 0.3) is 22.2 Å². The molecule has 0 bridgehead atoms. The fraction of sp³-hybridized carbons (Fsp3) is 0.343. The monoisotopic (exact) mass is 657 g/mol. The van der Waals surface area contributed by atoms with E-state index in [0.29, 0.717) is 69.9 Å². The standard InChI is InChI=1S/C35H39N5O8/c1-7-17(2)30(33(43)37-20-9-12-24-26(15-20)40-35(45)34(44)39-24)38-25-13-10-21-22(16-27(25)42)23(36-18(3)41)11-8-19-14-28(46-4)31(47-5)32(48-6)29(19)21/h9-10,12-17,23,30H,7-8,11H2,1-6H3,(H,36,41)(H,37,43)(H,38,42)(H,39,44)(H,40,45)/t17?,23-,30?/m0/s1. The van der Waals surface area contributed by atoms with Crippen molar-refractivity contribution in [3.8, 4) is 28.4 Å². The van der Waals surface area contributed by atoms with Crippen molar-refractivity contribution >= 4 is 34.2 Å². The maximum atomic E-state index is 13.9. The second-order valence-corrected chi connectivity index (χ2v) is 11.8. The third-order valence-corrected chi connectivity index (χ3v) is 8.71. The minimum atomic E-state index is -0.826. The van der Waals surface area contributed by atoms with Crippen LogP contribution in [0.2, 0.25) is 0 Å². The van der Waals surface area contributed by atoms with E-state index in [0.717, 1.165) is 5.56 Å². The van der Waals surface area contributed by atoms with E-state index >= 15 is 0 Å². The molecule has 1 heterocycles. The lowest BCUT2D eigenvalue weighted by Gasteiger charge is -2.24. The fourth-order valence-corrected chi connectivity index (χ4v) is 6.11. The van der Waals surface area contributed by atoms with Gasteiger partial charge in [-0.05, 0) is 71.8 Å². The SMILES string of the molecule is CCC(C)C(Nc1ccc2c(cc1=O)[C@@H](NC(C)=O)CCc1cc(OC)c(OC)c(OC)c1-2)C(=O)Nc1ccc2[nH]c(=O)c(=O)[nH]c2c1. The van der Waals surface area contributed by atoms with Crippen molar-refractivity contribution in [2.75, 3.05) is 32.0 Å². The van der Waals surface area contributed by atoms with Gasteiger partial charge < -0.3 is 40.1 Å². The molecule has 0 radical (unpaired) electrons. The van der Waals surface area contributed by atoms with E-state index in [4.69, 9.17) is 14.2 Å². The topological polar surface area (TPSA) is 181 Å². The second kappa shape index (κ2) is 14.0. The third-order valence-electron chi connectivity index (χ3n) is 8.71. The summed E-state index contributed by atoms with van der Waals surface area (Å²) in [4.78, 5) is 68.5. The summed E-state index contributed by atoms with van der Waals surface area (Å²) in [5.41, 5.74) is 2.26. The number of ether oxygens (including phenoxy) is 3. The van der Waals surface area contributed by atoms with Gasteiger partial charge in [-0.1, -0.05) is 26.3 Å². The third kappa shape index (κ3) is 6.61. The van der Waals surface area contributed by atoms with Gasteiger partial charge >= 0.3 is 11.1 Å². The Bertz CT molecular complexity index is 2070. The van der Waals surface area contributed by atoms with Crippen LogP contribution in [0.3, 0.4) is 0 Å².